The minimum Gasteiger partial charge on any atom is -0.344 e. The minimum atomic E-state index is -0.0369. The van der Waals surface area contributed by atoms with E-state index in [0.717, 1.165) is 22.4 Å². The van der Waals surface area contributed by atoms with E-state index in [1.54, 1.807) is 22.4 Å². The lowest BCUT2D eigenvalue weighted by atomic mass is 10.1. The van der Waals surface area contributed by atoms with Gasteiger partial charge in [-0.3, -0.25) is 9.36 Å². The standard InChI is InChI=1S/C23H21N3OS/c1-3-14-26-22(27)21-20(19(15-25(21)2)18-12-8-5-9-13-18)24-23(26)28-16-17-10-6-4-7-11-17/h3-13,15H,1,14,16H2,2H3. The Hall–Kier alpha value is -3.05. The smallest absolute Gasteiger partial charge is 0.279 e. The molecule has 0 saturated heterocycles. The first-order valence-corrected chi connectivity index (χ1v) is 10.1. The van der Waals surface area contributed by atoms with Gasteiger partial charge < -0.3 is 4.57 Å². The number of nitrogens with zero attached hydrogens (tertiary/aromatic N) is 3. The van der Waals surface area contributed by atoms with E-state index in [4.69, 9.17) is 4.98 Å². The van der Waals surface area contributed by atoms with Crippen molar-refractivity contribution in [3.8, 4) is 11.1 Å². The molecule has 0 radical (unpaired) electrons. The summed E-state index contributed by atoms with van der Waals surface area (Å²) in [5, 5.41) is 0.713. The molecule has 4 rings (SSSR count). The first-order valence-electron chi connectivity index (χ1n) is 9.12. The van der Waals surface area contributed by atoms with Crippen molar-refractivity contribution in [3.05, 3.63) is 95.4 Å². The van der Waals surface area contributed by atoms with Crippen LogP contribution in [0.2, 0.25) is 0 Å². The van der Waals surface area contributed by atoms with Crippen LogP contribution < -0.4 is 5.56 Å². The summed E-state index contributed by atoms with van der Waals surface area (Å²) in [6.07, 6.45) is 3.72. The van der Waals surface area contributed by atoms with Gasteiger partial charge in [-0.1, -0.05) is 78.5 Å². The summed E-state index contributed by atoms with van der Waals surface area (Å²) in [7, 11) is 1.90. The average Bonchev–Trinajstić information content (AvgIpc) is 3.07. The highest BCUT2D eigenvalue weighted by Gasteiger charge is 2.18. The van der Waals surface area contributed by atoms with E-state index < -0.39 is 0 Å². The van der Waals surface area contributed by atoms with Crippen molar-refractivity contribution in [3.63, 3.8) is 0 Å². The highest BCUT2D eigenvalue weighted by atomic mass is 32.2. The van der Waals surface area contributed by atoms with E-state index in [1.165, 1.54) is 5.56 Å². The largest absolute Gasteiger partial charge is 0.344 e. The lowest BCUT2D eigenvalue weighted by Gasteiger charge is -2.11. The number of rotatable bonds is 6. The molecule has 0 saturated carbocycles. The molecular weight excluding hydrogens is 366 g/mol. The van der Waals surface area contributed by atoms with Crippen molar-refractivity contribution >= 4 is 22.8 Å². The van der Waals surface area contributed by atoms with Crippen molar-refractivity contribution in [1.29, 1.82) is 0 Å². The maximum absolute atomic E-state index is 13.3. The Morgan fingerprint density at radius 3 is 2.43 bits per heavy atom. The van der Waals surface area contributed by atoms with Crippen molar-refractivity contribution in [2.45, 2.75) is 17.5 Å². The number of aromatic nitrogens is 3. The molecule has 28 heavy (non-hydrogen) atoms. The molecule has 0 bridgehead atoms. The van der Waals surface area contributed by atoms with Crippen LogP contribution in [0.5, 0.6) is 0 Å². The second kappa shape index (κ2) is 7.90. The molecule has 0 aliphatic carbocycles. The fourth-order valence-corrected chi connectivity index (χ4v) is 4.26. The van der Waals surface area contributed by atoms with Gasteiger partial charge in [0.15, 0.2) is 5.16 Å². The van der Waals surface area contributed by atoms with E-state index in [9.17, 15) is 4.79 Å². The predicted octanol–water partition coefficient (Wildman–Crippen LogP) is 4.88. The number of fused-ring (bicyclic) bond motifs is 1. The van der Waals surface area contributed by atoms with Crippen LogP contribution in [0.15, 0.2) is 89.5 Å². The molecule has 140 valence electrons. The topological polar surface area (TPSA) is 39.8 Å². The Morgan fingerprint density at radius 2 is 1.75 bits per heavy atom. The molecular formula is C23H21N3OS. The fourth-order valence-electron chi connectivity index (χ4n) is 3.30. The van der Waals surface area contributed by atoms with Crippen LogP contribution in [0.4, 0.5) is 0 Å². The molecule has 0 unspecified atom stereocenters. The van der Waals surface area contributed by atoms with Gasteiger partial charge in [-0.05, 0) is 11.1 Å². The van der Waals surface area contributed by atoms with Crippen LogP contribution in [-0.4, -0.2) is 14.1 Å². The third kappa shape index (κ3) is 3.41. The SMILES string of the molecule is C=CCn1c(SCc2ccccc2)nc2c(-c3ccccc3)cn(C)c2c1=O. The summed E-state index contributed by atoms with van der Waals surface area (Å²) in [5.74, 6) is 0.753. The number of thioether (sulfide) groups is 1. The van der Waals surface area contributed by atoms with Crippen LogP contribution in [0.3, 0.4) is 0 Å². The zero-order chi connectivity index (χ0) is 19.5. The molecule has 0 amide bonds. The molecule has 5 heteroatoms. The summed E-state index contributed by atoms with van der Waals surface area (Å²) < 4.78 is 3.58. The predicted molar refractivity (Wildman–Crippen MR) is 117 cm³/mol. The van der Waals surface area contributed by atoms with E-state index in [2.05, 4.69) is 18.7 Å². The Kier molecular flexibility index (Phi) is 5.17. The molecule has 0 atom stereocenters. The Bertz CT molecular complexity index is 1180. The number of hydrogen-bond donors (Lipinski definition) is 0. The molecule has 2 heterocycles. The fraction of sp³-hybridized carbons (Fsp3) is 0.130. The Balaban J connectivity index is 1.86. The van der Waals surface area contributed by atoms with Crippen molar-refractivity contribution in [1.82, 2.24) is 14.1 Å². The van der Waals surface area contributed by atoms with Gasteiger partial charge in [0.25, 0.3) is 5.56 Å². The van der Waals surface area contributed by atoms with Crippen molar-refractivity contribution in [2.75, 3.05) is 0 Å². The molecule has 2 aromatic heterocycles. The minimum absolute atomic E-state index is 0.0369. The van der Waals surface area contributed by atoms with Gasteiger partial charge in [0.05, 0.1) is 0 Å². The number of benzene rings is 2. The Labute approximate surface area is 168 Å². The number of hydrogen-bond acceptors (Lipinski definition) is 3. The van der Waals surface area contributed by atoms with Gasteiger partial charge >= 0.3 is 0 Å². The average molecular weight is 388 g/mol. The van der Waals surface area contributed by atoms with Gasteiger partial charge in [0.1, 0.15) is 11.0 Å². The lowest BCUT2D eigenvalue weighted by molar-refractivity contribution is 0.667. The number of allylic oxidation sites excluding steroid dienone is 1. The molecule has 0 N–H and O–H groups in total. The van der Waals surface area contributed by atoms with Crippen LogP contribution in [0.25, 0.3) is 22.2 Å². The molecule has 4 nitrogen and oxygen atoms in total. The van der Waals surface area contributed by atoms with E-state index in [1.807, 2.05) is 66.3 Å². The maximum Gasteiger partial charge on any atom is 0.279 e. The summed E-state index contributed by atoms with van der Waals surface area (Å²) in [6.45, 7) is 4.24. The van der Waals surface area contributed by atoms with E-state index in [-0.39, 0.29) is 5.56 Å². The summed E-state index contributed by atoms with van der Waals surface area (Å²) in [4.78, 5) is 18.2. The third-order valence-corrected chi connectivity index (χ3v) is 5.70. The lowest BCUT2D eigenvalue weighted by Crippen LogP contribution is -2.24. The van der Waals surface area contributed by atoms with Crippen LogP contribution in [0.1, 0.15) is 5.56 Å². The summed E-state index contributed by atoms with van der Waals surface area (Å²) in [5.41, 5.74) is 4.55. The van der Waals surface area contributed by atoms with Gasteiger partial charge in [-0.25, -0.2) is 4.98 Å². The maximum atomic E-state index is 13.3. The van der Waals surface area contributed by atoms with Crippen LogP contribution in [0, 0.1) is 0 Å². The van der Waals surface area contributed by atoms with Gasteiger partial charge in [0.2, 0.25) is 0 Å². The normalized spacial score (nSPS) is 11.0. The Morgan fingerprint density at radius 1 is 1.07 bits per heavy atom. The van der Waals surface area contributed by atoms with Crippen molar-refractivity contribution < 1.29 is 0 Å². The molecule has 0 spiro atoms. The monoisotopic (exact) mass is 387 g/mol. The van der Waals surface area contributed by atoms with E-state index in [0.29, 0.717) is 17.2 Å². The first kappa shape index (κ1) is 18.3. The highest BCUT2D eigenvalue weighted by molar-refractivity contribution is 7.98. The molecule has 0 aliphatic rings. The summed E-state index contributed by atoms with van der Waals surface area (Å²) >= 11 is 1.58. The first-order chi connectivity index (χ1) is 13.7. The summed E-state index contributed by atoms with van der Waals surface area (Å²) in [6, 6.07) is 20.3. The van der Waals surface area contributed by atoms with Gasteiger partial charge in [-0.2, -0.15) is 0 Å². The second-order valence-electron chi connectivity index (χ2n) is 6.59. The number of aryl methyl sites for hydroxylation is 1. The zero-order valence-corrected chi connectivity index (χ0v) is 16.5. The second-order valence-corrected chi connectivity index (χ2v) is 7.53. The van der Waals surface area contributed by atoms with Crippen LogP contribution in [-0.2, 0) is 19.3 Å². The van der Waals surface area contributed by atoms with E-state index >= 15 is 0 Å². The molecule has 0 aliphatic heterocycles. The zero-order valence-electron chi connectivity index (χ0n) is 15.7. The van der Waals surface area contributed by atoms with Gasteiger partial charge in [-0.15, -0.1) is 6.58 Å². The van der Waals surface area contributed by atoms with Crippen LogP contribution >= 0.6 is 11.8 Å². The molecule has 2 aromatic carbocycles. The van der Waals surface area contributed by atoms with Gasteiger partial charge in [0, 0.05) is 31.1 Å². The molecule has 0 fully saturated rings. The van der Waals surface area contributed by atoms with Crippen molar-refractivity contribution in [2.24, 2.45) is 7.05 Å². The molecule has 4 aromatic rings. The quantitative estimate of drug-likeness (QED) is 0.269. The third-order valence-electron chi connectivity index (χ3n) is 4.65. The highest BCUT2D eigenvalue weighted by Crippen LogP contribution is 2.30.